The van der Waals surface area contributed by atoms with Crippen molar-refractivity contribution in [1.29, 1.82) is 0 Å². The Kier molecular flexibility index (Phi) is 2.60. The number of anilines is 1. The summed E-state index contributed by atoms with van der Waals surface area (Å²) in [6.07, 6.45) is 0. The molecule has 0 amide bonds. The Hall–Kier alpha value is -0.810. The maximum absolute atomic E-state index is 5.55. The molecule has 0 aliphatic carbocycles. The first-order valence-electron chi connectivity index (χ1n) is 3.94. The van der Waals surface area contributed by atoms with Crippen LogP contribution in [-0.4, -0.2) is 9.97 Å². The fourth-order valence-electron chi connectivity index (χ4n) is 1.20. The molecule has 2 rings (SSSR count). The average Bonchev–Trinajstić information content (AvgIpc) is 2.45. The number of imidazole rings is 1. The predicted molar refractivity (Wildman–Crippen MR) is 63.8 cm³/mol. The fourth-order valence-corrected chi connectivity index (χ4v) is 2.12. The van der Waals surface area contributed by atoms with E-state index in [1.165, 1.54) is 0 Å². The summed E-state index contributed by atoms with van der Waals surface area (Å²) in [5.41, 5.74) is 7.38. The highest BCUT2D eigenvalue weighted by Gasteiger charge is 2.08. The number of nitrogens with zero attached hydrogens (tertiary/aromatic N) is 1. The van der Waals surface area contributed by atoms with Crippen LogP contribution in [0.15, 0.2) is 33.3 Å². The van der Waals surface area contributed by atoms with Crippen molar-refractivity contribution < 1.29 is 0 Å². The molecule has 3 N–H and O–H groups in total. The summed E-state index contributed by atoms with van der Waals surface area (Å²) in [5.74, 6) is 0.409. The van der Waals surface area contributed by atoms with E-state index in [1.807, 2.05) is 24.3 Å². The van der Waals surface area contributed by atoms with Crippen LogP contribution in [-0.2, 0) is 0 Å². The lowest BCUT2D eigenvalue weighted by molar-refractivity contribution is 1.31. The zero-order valence-corrected chi connectivity index (χ0v) is 10.3. The molecule has 0 saturated carbocycles. The van der Waals surface area contributed by atoms with Crippen molar-refractivity contribution in [1.82, 2.24) is 9.97 Å². The highest BCUT2D eigenvalue weighted by Crippen LogP contribution is 2.28. The van der Waals surface area contributed by atoms with Crippen LogP contribution in [0, 0.1) is 0 Å². The quantitative estimate of drug-likeness (QED) is 0.849. The molecule has 1 aromatic heterocycles. The van der Waals surface area contributed by atoms with Gasteiger partial charge in [-0.15, -0.1) is 0 Å². The van der Waals surface area contributed by atoms with Crippen molar-refractivity contribution in [2.45, 2.75) is 0 Å². The Bertz CT molecular complexity index is 465. The predicted octanol–water partition coefficient (Wildman–Crippen LogP) is 3.18. The van der Waals surface area contributed by atoms with E-state index in [1.54, 1.807) is 0 Å². The third kappa shape index (κ3) is 1.83. The Balaban J connectivity index is 2.54. The molecule has 0 unspecified atom stereocenters. The molecule has 2 aromatic rings. The molecule has 0 radical (unpaired) electrons. The van der Waals surface area contributed by atoms with Crippen LogP contribution in [0.4, 0.5) is 5.95 Å². The molecule has 0 atom stereocenters. The monoisotopic (exact) mass is 315 g/mol. The highest BCUT2D eigenvalue weighted by molar-refractivity contribution is 9.10. The Morgan fingerprint density at radius 3 is 2.64 bits per heavy atom. The first-order chi connectivity index (χ1) is 6.66. The van der Waals surface area contributed by atoms with Crippen LogP contribution in [0.2, 0.25) is 0 Å². The van der Waals surface area contributed by atoms with E-state index in [9.17, 15) is 0 Å². The first-order valence-corrected chi connectivity index (χ1v) is 5.52. The third-order valence-corrected chi connectivity index (χ3v) is 2.84. The second-order valence-corrected chi connectivity index (χ2v) is 4.50. The number of aromatic amines is 1. The number of nitrogens with two attached hydrogens (primary N) is 1. The summed E-state index contributed by atoms with van der Waals surface area (Å²) in [7, 11) is 0. The van der Waals surface area contributed by atoms with Crippen molar-refractivity contribution >= 4 is 37.8 Å². The molecule has 1 aromatic carbocycles. The minimum atomic E-state index is 0.409. The molecular formula is C9H7Br2N3. The second kappa shape index (κ2) is 3.74. The van der Waals surface area contributed by atoms with Gasteiger partial charge in [0, 0.05) is 10.0 Å². The van der Waals surface area contributed by atoms with Gasteiger partial charge in [0.15, 0.2) is 5.95 Å². The number of benzene rings is 1. The molecule has 5 heteroatoms. The van der Waals surface area contributed by atoms with Gasteiger partial charge < -0.3 is 10.7 Å². The van der Waals surface area contributed by atoms with Crippen LogP contribution in [0.3, 0.4) is 0 Å². The standard InChI is InChI=1S/C9H7Br2N3/c10-6-3-1-2-5(4-6)7-8(11)14-9(12)13-7/h1-4H,(H3,12,13,14). The maximum Gasteiger partial charge on any atom is 0.198 e. The van der Waals surface area contributed by atoms with Crippen LogP contribution in [0.25, 0.3) is 11.3 Å². The molecule has 0 saturated heterocycles. The molecule has 1 heterocycles. The zero-order valence-electron chi connectivity index (χ0n) is 7.09. The van der Waals surface area contributed by atoms with Crippen LogP contribution < -0.4 is 5.73 Å². The van der Waals surface area contributed by atoms with E-state index < -0.39 is 0 Å². The lowest BCUT2D eigenvalue weighted by Crippen LogP contribution is -1.85. The molecule has 0 fully saturated rings. The number of rotatable bonds is 1. The van der Waals surface area contributed by atoms with Gasteiger partial charge in [-0.25, -0.2) is 4.98 Å². The fraction of sp³-hybridized carbons (Fsp3) is 0. The number of hydrogen-bond donors (Lipinski definition) is 2. The SMILES string of the molecule is Nc1nc(-c2cccc(Br)c2)c(Br)[nH]1. The van der Waals surface area contributed by atoms with Gasteiger partial charge in [0.05, 0.1) is 0 Å². The smallest absolute Gasteiger partial charge is 0.198 e. The lowest BCUT2D eigenvalue weighted by atomic mass is 10.2. The van der Waals surface area contributed by atoms with Crippen LogP contribution >= 0.6 is 31.9 Å². The molecule has 0 aliphatic heterocycles. The summed E-state index contributed by atoms with van der Waals surface area (Å²) in [4.78, 5) is 7.07. The number of halogens is 2. The van der Waals surface area contributed by atoms with E-state index in [0.717, 1.165) is 20.3 Å². The van der Waals surface area contributed by atoms with Gasteiger partial charge >= 0.3 is 0 Å². The second-order valence-electron chi connectivity index (χ2n) is 2.79. The van der Waals surface area contributed by atoms with E-state index in [-0.39, 0.29) is 0 Å². The third-order valence-electron chi connectivity index (χ3n) is 1.78. The molecule has 3 nitrogen and oxygen atoms in total. The lowest BCUT2D eigenvalue weighted by Gasteiger charge is -1.97. The summed E-state index contributed by atoms with van der Waals surface area (Å²) in [5, 5.41) is 0. The van der Waals surface area contributed by atoms with E-state index in [0.29, 0.717) is 5.95 Å². The van der Waals surface area contributed by atoms with Gasteiger partial charge in [-0.05, 0) is 28.1 Å². The number of hydrogen-bond acceptors (Lipinski definition) is 2. The first kappa shape index (κ1) is 9.73. The van der Waals surface area contributed by atoms with Gasteiger partial charge in [-0.3, -0.25) is 0 Å². The van der Waals surface area contributed by atoms with E-state index in [4.69, 9.17) is 5.73 Å². The van der Waals surface area contributed by atoms with Crippen LogP contribution in [0.5, 0.6) is 0 Å². The number of aromatic nitrogens is 2. The van der Waals surface area contributed by atoms with E-state index in [2.05, 4.69) is 41.8 Å². The number of nitrogen functional groups attached to an aromatic ring is 1. The van der Waals surface area contributed by atoms with Crippen molar-refractivity contribution in [3.8, 4) is 11.3 Å². The Morgan fingerprint density at radius 2 is 2.07 bits per heavy atom. The average molecular weight is 317 g/mol. The van der Waals surface area contributed by atoms with Gasteiger partial charge in [0.25, 0.3) is 0 Å². The Labute approximate surface area is 98.0 Å². The van der Waals surface area contributed by atoms with Gasteiger partial charge in [0.1, 0.15) is 10.3 Å². The normalized spacial score (nSPS) is 10.4. The summed E-state index contributed by atoms with van der Waals surface area (Å²) >= 11 is 6.77. The van der Waals surface area contributed by atoms with Crippen molar-refractivity contribution in [2.75, 3.05) is 5.73 Å². The highest BCUT2D eigenvalue weighted by atomic mass is 79.9. The summed E-state index contributed by atoms with van der Waals surface area (Å²) in [6.45, 7) is 0. The molecule has 0 bridgehead atoms. The Morgan fingerprint density at radius 1 is 1.29 bits per heavy atom. The molecule has 0 aliphatic rings. The molecule has 0 spiro atoms. The van der Waals surface area contributed by atoms with Crippen LogP contribution in [0.1, 0.15) is 0 Å². The van der Waals surface area contributed by atoms with Gasteiger partial charge in [0.2, 0.25) is 0 Å². The van der Waals surface area contributed by atoms with Crippen molar-refractivity contribution in [3.63, 3.8) is 0 Å². The zero-order chi connectivity index (χ0) is 10.1. The van der Waals surface area contributed by atoms with Gasteiger partial charge in [-0.1, -0.05) is 28.1 Å². The summed E-state index contributed by atoms with van der Waals surface area (Å²) < 4.78 is 1.82. The topological polar surface area (TPSA) is 54.7 Å². The number of H-pyrrole nitrogens is 1. The van der Waals surface area contributed by atoms with Gasteiger partial charge in [-0.2, -0.15) is 0 Å². The van der Waals surface area contributed by atoms with Crippen molar-refractivity contribution in [2.24, 2.45) is 0 Å². The molecule has 72 valence electrons. The maximum atomic E-state index is 5.55. The number of nitrogens with one attached hydrogen (secondary N) is 1. The molecular weight excluding hydrogens is 310 g/mol. The largest absolute Gasteiger partial charge is 0.369 e. The minimum Gasteiger partial charge on any atom is -0.369 e. The van der Waals surface area contributed by atoms with Crippen molar-refractivity contribution in [3.05, 3.63) is 33.3 Å². The summed E-state index contributed by atoms with van der Waals surface area (Å²) in [6, 6.07) is 7.88. The molecule has 14 heavy (non-hydrogen) atoms. The minimum absolute atomic E-state index is 0.409. The van der Waals surface area contributed by atoms with E-state index >= 15 is 0 Å².